The molecule has 3 rings (SSSR count). The van der Waals surface area contributed by atoms with Crippen LogP contribution in [0.3, 0.4) is 0 Å². The number of nitrogens with one attached hydrogen (secondary N) is 2. The molecular formula is C23H18ClN3O3. The fourth-order valence-corrected chi connectivity index (χ4v) is 2.96. The van der Waals surface area contributed by atoms with Crippen LogP contribution in [-0.4, -0.2) is 18.4 Å². The maximum atomic E-state index is 12.7. The van der Waals surface area contributed by atoms with Crippen molar-refractivity contribution in [2.24, 2.45) is 0 Å². The van der Waals surface area contributed by atoms with Gasteiger partial charge in [-0.2, -0.15) is 5.26 Å². The molecule has 6 nitrogen and oxygen atoms in total. The van der Waals surface area contributed by atoms with Crippen LogP contribution in [0.1, 0.15) is 21.5 Å². The molecule has 30 heavy (non-hydrogen) atoms. The monoisotopic (exact) mass is 419 g/mol. The van der Waals surface area contributed by atoms with Gasteiger partial charge in [0.25, 0.3) is 11.8 Å². The van der Waals surface area contributed by atoms with Gasteiger partial charge in [-0.3, -0.25) is 9.59 Å². The Labute approximate surface area is 179 Å². The number of halogens is 1. The van der Waals surface area contributed by atoms with Gasteiger partial charge in [0.05, 0.1) is 27.9 Å². The second-order valence-corrected chi connectivity index (χ2v) is 6.87. The summed E-state index contributed by atoms with van der Waals surface area (Å²) in [6.45, 7) is 1.63. The first kappa shape index (κ1) is 20.9. The second-order valence-electron chi connectivity index (χ2n) is 6.46. The van der Waals surface area contributed by atoms with Gasteiger partial charge in [0, 0.05) is 5.69 Å². The number of hydrogen-bond acceptors (Lipinski definition) is 4. The van der Waals surface area contributed by atoms with Crippen LogP contribution in [0.5, 0.6) is 5.75 Å². The molecule has 0 aliphatic heterocycles. The Kier molecular flexibility index (Phi) is 6.68. The molecule has 0 saturated carbocycles. The van der Waals surface area contributed by atoms with E-state index in [0.29, 0.717) is 22.5 Å². The molecule has 2 amide bonds. The molecule has 0 aromatic heterocycles. The zero-order chi connectivity index (χ0) is 21.5. The van der Waals surface area contributed by atoms with Gasteiger partial charge in [-0.15, -0.1) is 0 Å². The highest BCUT2D eigenvalue weighted by atomic mass is 35.5. The number of nitrogens with zero attached hydrogens (tertiary/aromatic N) is 1. The third kappa shape index (κ3) is 5.37. The Morgan fingerprint density at radius 2 is 1.83 bits per heavy atom. The molecule has 150 valence electrons. The van der Waals surface area contributed by atoms with E-state index < -0.39 is 5.91 Å². The van der Waals surface area contributed by atoms with Crippen molar-refractivity contribution < 1.29 is 14.3 Å². The Hall–Kier alpha value is -3.82. The number of benzene rings is 3. The van der Waals surface area contributed by atoms with Gasteiger partial charge in [0.15, 0.2) is 6.61 Å². The summed E-state index contributed by atoms with van der Waals surface area (Å²) in [6, 6.07) is 20.6. The number of ether oxygens (including phenoxy) is 1. The van der Waals surface area contributed by atoms with Crippen molar-refractivity contribution in [2.45, 2.75) is 6.92 Å². The van der Waals surface area contributed by atoms with E-state index >= 15 is 0 Å². The summed E-state index contributed by atoms with van der Waals surface area (Å²) in [5.41, 5.74) is 2.77. The minimum absolute atomic E-state index is 0.236. The maximum absolute atomic E-state index is 12.7. The average Bonchev–Trinajstić information content (AvgIpc) is 2.73. The third-order valence-corrected chi connectivity index (χ3v) is 4.44. The molecule has 3 aromatic rings. The summed E-state index contributed by atoms with van der Waals surface area (Å²) in [4.78, 5) is 25.0. The highest BCUT2D eigenvalue weighted by Gasteiger charge is 2.14. The highest BCUT2D eigenvalue weighted by Crippen LogP contribution is 2.25. The molecule has 0 atom stereocenters. The minimum Gasteiger partial charge on any atom is -0.482 e. The lowest BCUT2D eigenvalue weighted by Gasteiger charge is -2.13. The predicted octanol–water partition coefficient (Wildman–Crippen LogP) is 4.79. The van der Waals surface area contributed by atoms with Crippen LogP contribution < -0.4 is 15.4 Å². The van der Waals surface area contributed by atoms with Gasteiger partial charge in [-0.25, -0.2) is 0 Å². The van der Waals surface area contributed by atoms with Crippen molar-refractivity contribution in [2.75, 3.05) is 17.2 Å². The minimum atomic E-state index is -0.453. The molecule has 0 fully saturated rings. The third-order valence-electron chi connectivity index (χ3n) is 4.14. The lowest BCUT2D eigenvalue weighted by Crippen LogP contribution is -2.23. The molecule has 0 aliphatic carbocycles. The molecule has 0 radical (unpaired) electrons. The first-order valence-electron chi connectivity index (χ1n) is 9.05. The standard InChI is InChI=1S/C23H18ClN3O3/c1-15-5-4-6-17(11-15)26-23(29)18-7-2-3-8-20(18)27-22(28)14-30-21-10-9-16(13-25)12-19(21)24/h2-12H,14H2,1H3,(H,26,29)(H,27,28). The number of anilines is 2. The fraction of sp³-hybridized carbons (Fsp3) is 0.0870. The van der Waals surface area contributed by atoms with E-state index in [4.69, 9.17) is 21.6 Å². The van der Waals surface area contributed by atoms with E-state index in [1.165, 1.54) is 12.1 Å². The van der Waals surface area contributed by atoms with Crippen molar-refractivity contribution in [3.8, 4) is 11.8 Å². The largest absolute Gasteiger partial charge is 0.482 e. The van der Waals surface area contributed by atoms with Crippen molar-refractivity contribution in [3.05, 3.63) is 88.4 Å². The second kappa shape index (κ2) is 9.59. The summed E-state index contributed by atoms with van der Waals surface area (Å²) < 4.78 is 5.43. The molecule has 3 aromatic carbocycles. The SMILES string of the molecule is Cc1cccc(NC(=O)c2ccccc2NC(=O)COc2ccc(C#N)cc2Cl)c1. The highest BCUT2D eigenvalue weighted by molar-refractivity contribution is 6.32. The number of nitriles is 1. The maximum Gasteiger partial charge on any atom is 0.262 e. The van der Waals surface area contributed by atoms with Gasteiger partial charge < -0.3 is 15.4 Å². The average molecular weight is 420 g/mol. The van der Waals surface area contributed by atoms with Crippen molar-refractivity contribution in [1.82, 2.24) is 0 Å². The topological polar surface area (TPSA) is 91.2 Å². The van der Waals surface area contributed by atoms with Crippen LogP contribution in [0.15, 0.2) is 66.7 Å². The van der Waals surface area contributed by atoms with Crippen LogP contribution >= 0.6 is 11.6 Å². The molecule has 0 aliphatic rings. The molecule has 2 N–H and O–H groups in total. The lowest BCUT2D eigenvalue weighted by molar-refractivity contribution is -0.118. The van der Waals surface area contributed by atoms with Crippen molar-refractivity contribution >= 4 is 34.8 Å². The number of para-hydroxylation sites is 1. The summed E-state index contributed by atoms with van der Waals surface area (Å²) in [5, 5.41) is 14.6. The van der Waals surface area contributed by atoms with Gasteiger partial charge in [-0.1, -0.05) is 35.9 Å². The van der Waals surface area contributed by atoms with E-state index in [-0.39, 0.29) is 23.3 Å². The van der Waals surface area contributed by atoms with Crippen LogP contribution in [0.25, 0.3) is 0 Å². The first-order chi connectivity index (χ1) is 14.5. The Balaban J connectivity index is 1.66. The van der Waals surface area contributed by atoms with Gasteiger partial charge in [0.1, 0.15) is 5.75 Å². The van der Waals surface area contributed by atoms with E-state index in [1.807, 2.05) is 31.2 Å². The smallest absolute Gasteiger partial charge is 0.262 e. The van der Waals surface area contributed by atoms with Gasteiger partial charge in [-0.05, 0) is 55.0 Å². The number of aryl methyl sites for hydroxylation is 1. The summed E-state index contributed by atoms with van der Waals surface area (Å²) >= 11 is 6.05. The Bertz CT molecular complexity index is 1140. The lowest BCUT2D eigenvalue weighted by atomic mass is 10.1. The molecular weight excluding hydrogens is 402 g/mol. The quantitative estimate of drug-likeness (QED) is 0.600. The van der Waals surface area contributed by atoms with Crippen molar-refractivity contribution in [1.29, 1.82) is 5.26 Å². The summed E-state index contributed by atoms with van der Waals surface area (Å²) in [5.74, 6) is -0.505. The molecule has 0 unspecified atom stereocenters. The molecule has 0 spiro atoms. The van der Waals surface area contributed by atoms with E-state index in [0.717, 1.165) is 5.56 Å². The van der Waals surface area contributed by atoms with E-state index in [9.17, 15) is 9.59 Å². The van der Waals surface area contributed by atoms with Crippen LogP contribution in [0.2, 0.25) is 5.02 Å². The zero-order valence-corrected chi connectivity index (χ0v) is 16.9. The molecule has 0 heterocycles. The van der Waals surface area contributed by atoms with Crippen LogP contribution in [-0.2, 0) is 4.79 Å². The van der Waals surface area contributed by atoms with Crippen LogP contribution in [0.4, 0.5) is 11.4 Å². The Morgan fingerprint density at radius 1 is 1.03 bits per heavy atom. The molecule has 7 heteroatoms. The predicted molar refractivity (Wildman–Crippen MR) is 116 cm³/mol. The van der Waals surface area contributed by atoms with E-state index in [1.54, 1.807) is 36.4 Å². The Morgan fingerprint density at radius 3 is 2.57 bits per heavy atom. The number of amides is 2. The van der Waals surface area contributed by atoms with Crippen molar-refractivity contribution in [3.63, 3.8) is 0 Å². The van der Waals surface area contributed by atoms with E-state index in [2.05, 4.69) is 10.6 Å². The zero-order valence-electron chi connectivity index (χ0n) is 16.1. The first-order valence-corrected chi connectivity index (χ1v) is 9.43. The fourth-order valence-electron chi connectivity index (χ4n) is 2.73. The summed E-state index contributed by atoms with van der Waals surface area (Å²) in [7, 11) is 0. The summed E-state index contributed by atoms with van der Waals surface area (Å²) in [6.07, 6.45) is 0. The molecule has 0 saturated heterocycles. The normalized spacial score (nSPS) is 10.0. The van der Waals surface area contributed by atoms with Crippen LogP contribution in [0, 0.1) is 18.3 Å². The number of carbonyl (C=O) groups excluding carboxylic acids is 2. The number of hydrogen-bond donors (Lipinski definition) is 2. The van der Waals surface area contributed by atoms with Gasteiger partial charge >= 0.3 is 0 Å². The van der Waals surface area contributed by atoms with Gasteiger partial charge in [0.2, 0.25) is 0 Å². The number of carbonyl (C=O) groups is 2. The number of rotatable bonds is 6. The molecule has 0 bridgehead atoms.